The molecule has 0 aromatic rings. The Morgan fingerprint density at radius 3 is 2.00 bits per heavy atom. The molecule has 0 aromatic heterocycles. The first-order valence-electron chi connectivity index (χ1n) is 4.72. The highest BCUT2D eigenvalue weighted by atomic mass is 32.1. The van der Waals surface area contributed by atoms with E-state index in [4.69, 9.17) is 0 Å². The third-order valence-corrected chi connectivity index (χ3v) is 3.43. The van der Waals surface area contributed by atoms with Crippen molar-refractivity contribution in [3.05, 3.63) is 0 Å². The highest BCUT2D eigenvalue weighted by molar-refractivity contribution is 7.80. The summed E-state index contributed by atoms with van der Waals surface area (Å²) in [6.07, 6.45) is 0. The molecule has 3 heteroatoms. The molecule has 0 N–H and O–H groups in total. The second-order valence-corrected chi connectivity index (χ2v) is 4.53. The van der Waals surface area contributed by atoms with Crippen LogP contribution in [0.4, 0.5) is 0 Å². The average Bonchev–Trinajstić information content (AvgIpc) is 2.04. The van der Waals surface area contributed by atoms with Crippen molar-refractivity contribution in [2.24, 2.45) is 5.92 Å². The largest absolute Gasteiger partial charge is 0.304 e. The second-order valence-electron chi connectivity index (χ2n) is 4.00. The SMILES string of the molecule is CC(C)C(S)N1CCN(C)CC1. The maximum atomic E-state index is 4.60. The summed E-state index contributed by atoms with van der Waals surface area (Å²) in [7, 11) is 2.18. The Balaban J connectivity index is 2.34. The number of rotatable bonds is 2. The summed E-state index contributed by atoms with van der Waals surface area (Å²) in [5.74, 6) is 0.650. The van der Waals surface area contributed by atoms with Crippen molar-refractivity contribution in [1.29, 1.82) is 0 Å². The van der Waals surface area contributed by atoms with Gasteiger partial charge in [-0.05, 0) is 13.0 Å². The zero-order chi connectivity index (χ0) is 9.14. The van der Waals surface area contributed by atoms with Crippen LogP contribution in [-0.4, -0.2) is 48.4 Å². The standard InChI is InChI=1S/C9H20N2S/c1-8(2)9(12)11-6-4-10(3)5-7-11/h8-9,12H,4-7H2,1-3H3. The molecule has 0 aromatic carbocycles. The van der Waals surface area contributed by atoms with Gasteiger partial charge in [-0.25, -0.2) is 0 Å². The molecule has 1 fully saturated rings. The molecule has 1 unspecified atom stereocenters. The van der Waals surface area contributed by atoms with Crippen molar-refractivity contribution in [3.8, 4) is 0 Å². The summed E-state index contributed by atoms with van der Waals surface area (Å²) in [6.45, 7) is 9.17. The van der Waals surface area contributed by atoms with Crippen molar-refractivity contribution in [1.82, 2.24) is 9.80 Å². The lowest BCUT2D eigenvalue weighted by molar-refractivity contribution is 0.128. The minimum absolute atomic E-state index is 0.443. The van der Waals surface area contributed by atoms with Gasteiger partial charge in [-0.2, -0.15) is 12.6 Å². The van der Waals surface area contributed by atoms with Crippen LogP contribution in [0.15, 0.2) is 0 Å². The van der Waals surface area contributed by atoms with E-state index in [1.165, 1.54) is 26.2 Å². The molecule has 1 saturated heterocycles. The van der Waals surface area contributed by atoms with E-state index >= 15 is 0 Å². The summed E-state index contributed by atoms with van der Waals surface area (Å²) in [4.78, 5) is 4.84. The molecule has 1 rings (SSSR count). The molecule has 72 valence electrons. The van der Waals surface area contributed by atoms with Gasteiger partial charge >= 0.3 is 0 Å². The van der Waals surface area contributed by atoms with Gasteiger partial charge in [0.1, 0.15) is 0 Å². The van der Waals surface area contributed by atoms with Crippen LogP contribution in [0.2, 0.25) is 0 Å². The van der Waals surface area contributed by atoms with Gasteiger partial charge in [0.05, 0.1) is 5.37 Å². The van der Waals surface area contributed by atoms with Crippen LogP contribution in [-0.2, 0) is 0 Å². The maximum Gasteiger partial charge on any atom is 0.0551 e. The quantitative estimate of drug-likeness (QED) is 0.649. The molecule has 1 aliphatic heterocycles. The third kappa shape index (κ3) is 2.64. The molecule has 2 nitrogen and oxygen atoms in total. The first kappa shape index (κ1) is 10.4. The van der Waals surface area contributed by atoms with Crippen molar-refractivity contribution in [2.45, 2.75) is 19.2 Å². The van der Waals surface area contributed by atoms with Crippen molar-refractivity contribution in [3.63, 3.8) is 0 Å². The van der Waals surface area contributed by atoms with Gasteiger partial charge in [0.25, 0.3) is 0 Å². The van der Waals surface area contributed by atoms with Gasteiger partial charge in [0.2, 0.25) is 0 Å². The highest BCUT2D eigenvalue weighted by Gasteiger charge is 2.21. The number of likely N-dealkylation sites (N-methyl/N-ethyl adjacent to an activating group) is 1. The normalized spacial score (nSPS) is 24.8. The van der Waals surface area contributed by atoms with Crippen LogP contribution in [0.3, 0.4) is 0 Å². The zero-order valence-corrected chi connectivity index (χ0v) is 9.22. The molecule has 0 amide bonds. The number of piperazine rings is 1. The van der Waals surface area contributed by atoms with E-state index in [1.54, 1.807) is 0 Å². The van der Waals surface area contributed by atoms with Crippen LogP contribution in [0, 0.1) is 5.92 Å². The number of nitrogens with zero attached hydrogens (tertiary/aromatic N) is 2. The molecule has 1 aliphatic rings. The van der Waals surface area contributed by atoms with E-state index in [2.05, 4.69) is 43.3 Å². The Bertz CT molecular complexity index is 130. The van der Waals surface area contributed by atoms with Crippen LogP contribution >= 0.6 is 12.6 Å². The molecule has 0 aliphatic carbocycles. The Kier molecular flexibility index (Phi) is 3.87. The predicted molar refractivity (Wildman–Crippen MR) is 56.7 cm³/mol. The zero-order valence-electron chi connectivity index (χ0n) is 8.32. The first-order valence-corrected chi connectivity index (χ1v) is 5.23. The molecular weight excluding hydrogens is 168 g/mol. The van der Waals surface area contributed by atoms with E-state index in [1.807, 2.05) is 0 Å². The fourth-order valence-corrected chi connectivity index (χ4v) is 1.74. The van der Waals surface area contributed by atoms with Crippen molar-refractivity contribution >= 4 is 12.6 Å². The molecule has 0 spiro atoms. The summed E-state index contributed by atoms with van der Waals surface area (Å²) >= 11 is 4.60. The number of hydrogen-bond donors (Lipinski definition) is 1. The van der Waals surface area contributed by atoms with E-state index < -0.39 is 0 Å². The minimum Gasteiger partial charge on any atom is -0.304 e. The Morgan fingerprint density at radius 1 is 1.08 bits per heavy atom. The van der Waals surface area contributed by atoms with Gasteiger partial charge in [-0.3, -0.25) is 4.90 Å². The van der Waals surface area contributed by atoms with Crippen LogP contribution in [0.1, 0.15) is 13.8 Å². The topological polar surface area (TPSA) is 6.48 Å². The molecule has 0 radical (unpaired) electrons. The lowest BCUT2D eigenvalue weighted by Crippen LogP contribution is -2.48. The van der Waals surface area contributed by atoms with Gasteiger partial charge in [-0.1, -0.05) is 13.8 Å². The van der Waals surface area contributed by atoms with Gasteiger partial charge in [0, 0.05) is 26.2 Å². The monoisotopic (exact) mass is 188 g/mol. The molecule has 1 heterocycles. The van der Waals surface area contributed by atoms with E-state index in [0.717, 1.165) is 0 Å². The average molecular weight is 188 g/mol. The second kappa shape index (κ2) is 4.49. The van der Waals surface area contributed by atoms with Crippen molar-refractivity contribution < 1.29 is 0 Å². The number of hydrogen-bond acceptors (Lipinski definition) is 3. The fourth-order valence-electron chi connectivity index (χ4n) is 1.51. The highest BCUT2D eigenvalue weighted by Crippen LogP contribution is 2.15. The Morgan fingerprint density at radius 2 is 1.58 bits per heavy atom. The van der Waals surface area contributed by atoms with E-state index in [9.17, 15) is 0 Å². The Hall–Kier alpha value is 0.270. The molecule has 0 bridgehead atoms. The van der Waals surface area contributed by atoms with Gasteiger partial charge in [-0.15, -0.1) is 0 Å². The summed E-state index contributed by atoms with van der Waals surface area (Å²) in [6, 6.07) is 0. The molecule has 1 atom stereocenters. The van der Waals surface area contributed by atoms with Crippen LogP contribution in [0.5, 0.6) is 0 Å². The predicted octanol–water partition coefficient (Wildman–Crippen LogP) is 1.15. The van der Waals surface area contributed by atoms with Crippen molar-refractivity contribution in [2.75, 3.05) is 33.2 Å². The first-order chi connectivity index (χ1) is 5.61. The fraction of sp³-hybridized carbons (Fsp3) is 1.00. The smallest absolute Gasteiger partial charge is 0.0551 e. The molecular formula is C9H20N2S. The molecule has 0 saturated carbocycles. The van der Waals surface area contributed by atoms with Crippen LogP contribution < -0.4 is 0 Å². The van der Waals surface area contributed by atoms with E-state index in [-0.39, 0.29) is 0 Å². The molecule has 12 heavy (non-hydrogen) atoms. The summed E-state index contributed by atoms with van der Waals surface area (Å²) < 4.78 is 0. The van der Waals surface area contributed by atoms with Gasteiger partial charge < -0.3 is 4.90 Å². The Labute approximate surface area is 81.3 Å². The summed E-state index contributed by atoms with van der Waals surface area (Å²) in [5.41, 5.74) is 0. The van der Waals surface area contributed by atoms with Crippen LogP contribution in [0.25, 0.3) is 0 Å². The lowest BCUT2D eigenvalue weighted by atomic mass is 10.2. The number of thiol groups is 1. The third-order valence-electron chi connectivity index (χ3n) is 2.51. The summed E-state index contributed by atoms with van der Waals surface area (Å²) in [5, 5.41) is 0.443. The minimum atomic E-state index is 0.443. The van der Waals surface area contributed by atoms with Gasteiger partial charge in [0.15, 0.2) is 0 Å². The lowest BCUT2D eigenvalue weighted by Gasteiger charge is -2.37. The maximum absolute atomic E-state index is 4.60. The van der Waals surface area contributed by atoms with E-state index in [0.29, 0.717) is 11.3 Å².